The fourth-order valence-electron chi connectivity index (χ4n) is 2.43. The molecular weight excluding hydrogens is 314 g/mol. The molecule has 1 unspecified atom stereocenters. The lowest BCUT2D eigenvalue weighted by atomic mass is 10.2. The zero-order chi connectivity index (χ0) is 15.2. The molecule has 0 radical (unpaired) electrons. The van der Waals surface area contributed by atoms with Crippen LogP contribution in [0.5, 0.6) is 0 Å². The zero-order valence-electron chi connectivity index (χ0n) is 12.3. The van der Waals surface area contributed by atoms with Crippen LogP contribution in [0.15, 0.2) is 41.9 Å². The highest BCUT2D eigenvalue weighted by Gasteiger charge is 2.23. The maximum atomic E-state index is 12.7. The molecule has 22 heavy (non-hydrogen) atoms. The van der Waals surface area contributed by atoms with E-state index in [2.05, 4.69) is 22.4 Å². The Balaban J connectivity index is 1.68. The Labute approximate surface area is 138 Å². The molecule has 3 rings (SSSR count). The fraction of sp³-hybridized carbons (Fsp3) is 0.375. The highest BCUT2D eigenvalue weighted by atomic mass is 32.2. The van der Waals surface area contributed by atoms with Crippen LogP contribution >= 0.6 is 23.1 Å². The van der Waals surface area contributed by atoms with E-state index in [0.717, 1.165) is 22.9 Å². The molecule has 1 N–H and O–H groups in total. The molecule has 1 aliphatic heterocycles. The summed E-state index contributed by atoms with van der Waals surface area (Å²) in [5.74, 6) is 1.27. The molecule has 1 aliphatic rings. The van der Waals surface area contributed by atoms with Crippen molar-refractivity contribution in [2.45, 2.75) is 24.9 Å². The second-order valence-electron chi connectivity index (χ2n) is 5.18. The minimum absolute atomic E-state index is 0.186. The van der Waals surface area contributed by atoms with E-state index in [1.807, 2.05) is 40.2 Å². The van der Waals surface area contributed by atoms with Gasteiger partial charge in [-0.15, -0.1) is 23.1 Å². The normalized spacial score (nSPS) is 17.5. The second-order valence-corrected chi connectivity index (χ2v) is 7.47. The van der Waals surface area contributed by atoms with Crippen LogP contribution in [-0.2, 0) is 17.9 Å². The van der Waals surface area contributed by atoms with Gasteiger partial charge in [-0.1, -0.05) is 30.3 Å². The number of amides is 1. The number of thioether (sulfide) groups is 1. The summed E-state index contributed by atoms with van der Waals surface area (Å²) in [5, 5.41) is 6.56. The highest BCUT2D eigenvalue weighted by Crippen LogP contribution is 2.20. The molecule has 4 nitrogen and oxygen atoms in total. The monoisotopic (exact) mass is 333 g/mol. The third-order valence-electron chi connectivity index (χ3n) is 3.53. The molecule has 1 amide bonds. The smallest absolute Gasteiger partial charge is 0.225 e. The standard InChI is InChI=1S/C16H19N3OS2/c20-16(10-14-17-6-8-21-14)19(12-15-18-7-9-22-15)11-13-4-2-1-3-5-13/h1-5,7,9,14,17H,6,8,10-12H2. The molecule has 1 aromatic carbocycles. The largest absolute Gasteiger partial charge is 0.332 e. The van der Waals surface area contributed by atoms with Crippen molar-refractivity contribution < 1.29 is 4.79 Å². The predicted octanol–water partition coefficient (Wildman–Crippen LogP) is 2.72. The number of nitrogens with one attached hydrogen (secondary N) is 1. The predicted molar refractivity (Wildman–Crippen MR) is 91.7 cm³/mol. The molecule has 116 valence electrons. The van der Waals surface area contributed by atoms with Gasteiger partial charge in [-0.05, 0) is 5.56 Å². The SMILES string of the molecule is O=C(CC1NCCS1)N(Cc1ccccc1)Cc1nccs1. The van der Waals surface area contributed by atoms with Crippen molar-refractivity contribution in [3.63, 3.8) is 0 Å². The Morgan fingerprint density at radius 3 is 2.86 bits per heavy atom. The van der Waals surface area contributed by atoms with E-state index < -0.39 is 0 Å². The van der Waals surface area contributed by atoms with Crippen LogP contribution in [-0.4, -0.2) is 33.5 Å². The van der Waals surface area contributed by atoms with Gasteiger partial charge in [0.25, 0.3) is 0 Å². The van der Waals surface area contributed by atoms with Gasteiger partial charge in [0, 0.05) is 30.4 Å². The van der Waals surface area contributed by atoms with Crippen LogP contribution in [0.3, 0.4) is 0 Å². The van der Waals surface area contributed by atoms with Gasteiger partial charge >= 0.3 is 0 Å². The van der Waals surface area contributed by atoms with Gasteiger partial charge in [0.15, 0.2) is 0 Å². The molecule has 2 aromatic rings. The summed E-state index contributed by atoms with van der Waals surface area (Å²) in [7, 11) is 0. The Hall–Kier alpha value is -1.37. The van der Waals surface area contributed by atoms with Crippen molar-refractivity contribution in [1.29, 1.82) is 0 Å². The topological polar surface area (TPSA) is 45.2 Å². The summed E-state index contributed by atoms with van der Waals surface area (Å²) < 4.78 is 0. The minimum Gasteiger partial charge on any atom is -0.332 e. The molecule has 1 atom stereocenters. The lowest BCUT2D eigenvalue weighted by Crippen LogP contribution is -2.34. The van der Waals surface area contributed by atoms with Crippen LogP contribution in [0.4, 0.5) is 0 Å². The molecule has 1 saturated heterocycles. The van der Waals surface area contributed by atoms with Crippen molar-refractivity contribution in [2.24, 2.45) is 0 Å². The first-order valence-electron chi connectivity index (χ1n) is 7.36. The molecular formula is C16H19N3OS2. The Kier molecular flexibility index (Phi) is 5.48. The number of nitrogens with zero attached hydrogens (tertiary/aromatic N) is 2. The molecule has 2 heterocycles. The van der Waals surface area contributed by atoms with E-state index in [4.69, 9.17) is 0 Å². The highest BCUT2D eigenvalue weighted by molar-refractivity contribution is 8.00. The summed E-state index contributed by atoms with van der Waals surface area (Å²) in [6.45, 7) is 2.22. The maximum absolute atomic E-state index is 12.7. The number of rotatable bonds is 6. The Bertz CT molecular complexity index is 583. The van der Waals surface area contributed by atoms with Crippen LogP contribution in [0, 0.1) is 0 Å². The number of thiazole rings is 1. The van der Waals surface area contributed by atoms with E-state index in [1.165, 1.54) is 0 Å². The summed E-state index contributed by atoms with van der Waals surface area (Å²) >= 11 is 3.43. The van der Waals surface area contributed by atoms with Gasteiger partial charge in [0.1, 0.15) is 5.01 Å². The van der Waals surface area contributed by atoms with Gasteiger partial charge in [0.2, 0.25) is 5.91 Å². The van der Waals surface area contributed by atoms with E-state index in [-0.39, 0.29) is 11.3 Å². The zero-order valence-corrected chi connectivity index (χ0v) is 13.9. The van der Waals surface area contributed by atoms with E-state index >= 15 is 0 Å². The maximum Gasteiger partial charge on any atom is 0.225 e. The fourth-order valence-corrected chi connectivity index (χ4v) is 4.08. The molecule has 6 heteroatoms. The van der Waals surface area contributed by atoms with Crippen LogP contribution < -0.4 is 5.32 Å². The number of carbonyl (C=O) groups is 1. The minimum atomic E-state index is 0.186. The van der Waals surface area contributed by atoms with Crippen LogP contribution in [0.25, 0.3) is 0 Å². The Morgan fingerprint density at radius 1 is 1.32 bits per heavy atom. The lowest BCUT2D eigenvalue weighted by Gasteiger charge is -2.23. The Morgan fingerprint density at radius 2 is 2.18 bits per heavy atom. The first kappa shape index (κ1) is 15.5. The van der Waals surface area contributed by atoms with E-state index in [1.54, 1.807) is 17.5 Å². The summed E-state index contributed by atoms with van der Waals surface area (Å²) in [6, 6.07) is 10.1. The summed E-state index contributed by atoms with van der Waals surface area (Å²) in [4.78, 5) is 18.9. The molecule has 0 aliphatic carbocycles. The van der Waals surface area contributed by atoms with Gasteiger partial charge in [-0.3, -0.25) is 4.79 Å². The first-order chi connectivity index (χ1) is 10.8. The number of aromatic nitrogens is 1. The van der Waals surface area contributed by atoms with Crippen molar-refractivity contribution in [2.75, 3.05) is 12.3 Å². The third kappa shape index (κ3) is 4.32. The molecule has 0 spiro atoms. The molecule has 1 aromatic heterocycles. The quantitative estimate of drug-likeness (QED) is 0.883. The van der Waals surface area contributed by atoms with Crippen LogP contribution in [0.2, 0.25) is 0 Å². The second kappa shape index (κ2) is 7.76. The number of benzene rings is 1. The van der Waals surface area contributed by atoms with Gasteiger partial charge in [-0.25, -0.2) is 4.98 Å². The summed E-state index contributed by atoms with van der Waals surface area (Å²) in [6.07, 6.45) is 2.34. The van der Waals surface area contributed by atoms with Crippen molar-refractivity contribution in [3.05, 3.63) is 52.5 Å². The van der Waals surface area contributed by atoms with Crippen molar-refractivity contribution in [3.8, 4) is 0 Å². The molecule has 0 bridgehead atoms. The van der Waals surface area contributed by atoms with Gasteiger partial charge in [0.05, 0.1) is 18.3 Å². The van der Waals surface area contributed by atoms with E-state index in [9.17, 15) is 4.79 Å². The molecule has 1 fully saturated rings. The van der Waals surface area contributed by atoms with Crippen molar-refractivity contribution >= 4 is 29.0 Å². The number of hydrogen-bond acceptors (Lipinski definition) is 5. The number of carbonyl (C=O) groups excluding carboxylic acids is 1. The lowest BCUT2D eigenvalue weighted by molar-refractivity contribution is -0.132. The third-order valence-corrected chi connectivity index (χ3v) is 5.47. The first-order valence-corrected chi connectivity index (χ1v) is 9.29. The van der Waals surface area contributed by atoms with Gasteiger partial charge < -0.3 is 10.2 Å². The average Bonchev–Trinajstić information content (AvgIpc) is 3.21. The summed E-state index contributed by atoms with van der Waals surface area (Å²) in [5.41, 5.74) is 1.15. The van der Waals surface area contributed by atoms with E-state index in [0.29, 0.717) is 19.5 Å². The molecule has 0 saturated carbocycles. The van der Waals surface area contributed by atoms with Crippen molar-refractivity contribution in [1.82, 2.24) is 15.2 Å². The average molecular weight is 333 g/mol. The van der Waals surface area contributed by atoms with Crippen LogP contribution in [0.1, 0.15) is 17.0 Å². The number of hydrogen-bond donors (Lipinski definition) is 1. The van der Waals surface area contributed by atoms with Gasteiger partial charge in [-0.2, -0.15) is 0 Å².